The first-order valence-corrected chi connectivity index (χ1v) is 7.59. The minimum atomic E-state index is -4.63. The van der Waals surface area contributed by atoms with Gasteiger partial charge in [-0.1, -0.05) is 19.4 Å². The molecule has 118 valence electrons. The Hall–Kier alpha value is -1.61. The van der Waals surface area contributed by atoms with Gasteiger partial charge in [0.05, 0.1) is 16.5 Å². The first-order valence-electron chi connectivity index (χ1n) is 6.11. The maximum atomic E-state index is 12.6. The number of amidine groups is 1. The molecule has 1 aromatic carbocycles. The number of benzene rings is 1. The molecule has 0 bridgehead atoms. The van der Waals surface area contributed by atoms with E-state index in [2.05, 4.69) is 4.72 Å². The second-order valence-corrected chi connectivity index (χ2v) is 6.16. The quantitative estimate of drug-likeness (QED) is 0.552. The Balaban J connectivity index is 3.11. The van der Waals surface area contributed by atoms with Gasteiger partial charge in [0.25, 0.3) is 0 Å². The van der Waals surface area contributed by atoms with Crippen LogP contribution in [0.15, 0.2) is 29.2 Å². The molecule has 0 spiro atoms. The van der Waals surface area contributed by atoms with Gasteiger partial charge < -0.3 is 5.73 Å². The Morgan fingerprint density at radius 3 is 2.52 bits per heavy atom. The summed E-state index contributed by atoms with van der Waals surface area (Å²) in [5.41, 5.74) is 4.23. The summed E-state index contributed by atoms with van der Waals surface area (Å²) in [5, 5.41) is 7.31. The van der Waals surface area contributed by atoms with Crippen LogP contribution >= 0.6 is 0 Å². The number of alkyl halides is 3. The number of nitrogens with one attached hydrogen (secondary N) is 2. The maximum Gasteiger partial charge on any atom is 0.416 e. The monoisotopic (exact) mass is 323 g/mol. The third-order valence-electron chi connectivity index (χ3n) is 2.72. The predicted octanol–water partition coefficient (Wildman–Crippen LogP) is 2.09. The van der Waals surface area contributed by atoms with Crippen molar-refractivity contribution in [1.29, 1.82) is 5.41 Å². The highest BCUT2D eigenvalue weighted by Gasteiger charge is 2.32. The fourth-order valence-corrected chi connectivity index (χ4v) is 2.96. The van der Waals surface area contributed by atoms with Crippen molar-refractivity contribution in [2.45, 2.75) is 36.9 Å². The van der Waals surface area contributed by atoms with E-state index in [0.29, 0.717) is 12.5 Å². The average Bonchev–Trinajstić information content (AvgIpc) is 2.37. The number of nitrogens with two attached hydrogens (primary N) is 1. The van der Waals surface area contributed by atoms with Crippen molar-refractivity contribution in [3.05, 3.63) is 29.8 Å². The van der Waals surface area contributed by atoms with Crippen molar-refractivity contribution in [3.63, 3.8) is 0 Å². The standard InChI is InChI=1S/C12H16F3N3O2S/c1-2-4-10(11(16)17)18-21(19,20)9-6-3-5-8(7-9)12(13,14)15/h3,5-7,10,18H,2,4H2,1H3,(H3,16,17). The van der Waals surface area contributed by atoms with Gasteiger partial charge in [0.1, 0.15) is 5.84 Å². The fourth-order valence-electron chi connectivity index (χ4n) is 1.66. The molecule has 9 heteroatoms. The van der Waals surface area contributed by atoms with Crippen LogP contribution in [0.25, 0.3) is 0 Å². The molecule has 0 fully saturated rings. The van der Waals surface area contributed by atoms with Gasteiger partial charge >= 0.3 is 6.18 Å². The molecular formula is C12H16F3N3O2S. The molecule has 4 N–H and O–H groups in total. The van der Waals surface area contributed by atoms with Crippen molar-refractivity contribution in [2.24, 2.45) is 5.73 Å². The summed E-state index contributed by atoms with van der Waals surface area (Å²) in [6, 6.07) is 2.47. The molecule has 1 rings (SSSR count). The Kier molecular flexibility index (Phi) is 5.35. The molecule has 0 aliphatic rings. The predicted molar refractivity (Wildman–Crippen MR) is 72.4 cm³/mol. The maximum absolute atomic E-state index is 12.6. The van der Waals surface area contributed by atoms with Gasteiger partial charge in [-0.3, -0.25) is 5.41 Å². The Morgan fingerprint density at radius 2 is 2.05 bits per heavy atom. The van der Waals surface area contributed by atoms with Gasteiger partial charge in [-0.05, 0) is 24.6 Å². The third-order valence-corrected chi connectivity index (χ3v) is 4.19. The van der Waals surface area contributed by atoms with Crippen molar-refractivity contribution in [1.82, 2.24) is 4.72 Å². The van der Waals surface area contributed by atoms with Crippen LogP contribution in [0.5, 0.6) is 0 Å². The zero-order valence-corrected chi connectivity index (χ0v) is 12.1. The minimum Gasteiger partial charge on any atom is -0.386 e. The first kappa shape index (κ1) is 17.4. The molecule has 1 atom stereocenters. The third kappa shape index (κ3) is 4.71. The average molecular weight is 323 g/mol. The number of hydrogen-bond acceptors (Lipinski definition) is 3. The van der Waals surface area contributed by atoms with Crippen LogP contribution in [0.2, 0.25) is 0 Å². The van der Waals surface area contributed by atoms with Gasteiger partial charge in [0.2, 0.25) is 10.0 Å². The molecular weight excluding hydrogens is 307 g/mol. The van der Waals surface area contributed by atoms with Gasteiger partial charge in [-0.15, -0.1) is 0 Å². The molecule has 0 aromatic heterocycles. The van der Waals surface area contributed by atoms with Crippen LogP contribution in [0.1, 0.15) is 25.3 Å². The van der Waals surface area contributed by atoms with E-state index in [9.17, 15) is 21.6 Å². The molecule has 0 saturated heterocycles. The number of sulfonamides is 1. The first-order chi connectivity index (χ1) is 9.58. The van der Waals surface area contributed by atoms with Crippen molar-refractivity contribution >= 4 is 15.9 Å². The number of rotatable bonds is 6. The van der Waals surface area contributed by atoms with E-state index in [1.165, 1.54) is 0 Å². The lowest BCUT2D eigenvalue weighted by Crippen LogP contribution is -2.43. The molecule has 0 amide bonds. The largest absolute Gasteiger partial charge is 0.416 e. The van der Waals surface area contributed by atoms with Gasteiger partial charge in [0, 0.05) is 0 Å². The second kappa shape index (κ2) is 6.44. The molecule has 0 aliphatic heterocycles. The normalized spacial score (nSPS) is 13.9. The van der Waals surface area contributed by atoms with Crippen LogP contribution in [-0.4, -0.2) is 20.3 Å². The molecule has 0 radical (unpaired) electrons. The second-order valence-electron chi connectivity index (χ2n) is 4.44. The highest BCUT2D eigenvalue weighted by atomic mass is 32.2. The fraction of sp³-hybridized carbons (Fsp3) is 0.417. The van der Waals surface area contributed by atoms with E-state index in [4.69, 9.17) is 11.1 Å². The van der Waals surface area contributed by atoms with E-state index >= 15 is 0 Å². The summed E-state index contributed by atoms with van der Waals surface area (Å²) in [6.07, 6.45) is -3.78. The lowest BCUT2D eigenvalue weighted by atomic mass is 10.2. The molecule has 0 heterocycles. The smallest absolute Gasteiger partial charge is 0.386 e. The number of halogens is 3. The van der Waals surface area contributed by atoms with Crippen LogP contribution < -0.4 is 10.5 Å². The molecule has 0 aliphatic carbocycles. The van der Waals surface area contributed by atoms with Gasteiger partial charge in [0.15, 0.2) is 0 Å². The van der Waals surface area contributed by atoms with Crippen LogP contribution in [0.3, 0.4) is 0 Å². The highest BCUT2D eigenvalue weighted by molar-refractivity contribution is 7.89. The zero-order valence-electron chi connectivity index (χ0n) is 11.2. The van der Waals surface area contributed by atoms with E-state index < -0.39 is 32.7 Å². The van der Waals surface area contributed by atoms with Crippen LogP contribution in [0, 0.1) is 5.41 Å². The van der Waals surface area contributed by atoms with Gasteiger partial charge in [-0.25, -0.2) is 13.1 Å². The summed E-state index contributed by atoms with van der Waals surface area (Å²) in [6.45, 7) is 1.77. The van der Waals surface area contributed by atoms with Crippen molar-refractivity contribution in [3.8, 4) is 0 Å². The molecule has 5 nitrogen and oxygen atoms in total. The minimum absolute atomic E-state index is 0.285. The van der Waals surface area contributed by atoms with E-state index in [-0.39, 0.29) is 12.3 Å². The topological polar surface area (TPSA) is 96.0 Å². The lowest BCUT2D eigenvalue weighted by molar-refractivity contribution is -0.137. The van der Waals surface area contributed by atoms with E-state index in [0.717, 1.165) is 18.2 Å². The SMILES string of the molecule is CCCC(NS(=O)(=O)c1cccc(C(F)(F)F)c1)C(=N)N. The summed E-state index contributed by atoms with van der Waals surface area (Å²) in [7, 11) is -4.18. The summed E-state index contributed by atoms with van der Waals surface area (Å²) in [4.78, 5) is -0.514. The Morgan fingerprint density at radius 1 is 1.43 bits per heavy atom. The molecule has 0 saturated carbocycles. The summed E-state index contributed by atoms with van der Waals surface area (Å²) in [5.74, 6) is -0.382. The zero-order chi connectivity index (χ0) is 16.3. The highest BCUT2D eigenvalue weighted by Crippen LogP contribution is 2.30. The summed E-state index contributed by atoms with van der Waals surface area (Å²) < 4.78 is 64.1. The Bertz CT molecular complexity index is 614. The Labute approximate surface area is 120 Å². The van der Waals surface area contributed by atoms with Crippen molar-refractivity contribution in [2.75, 3.05) is 0 Å². The van der Waals surface area contributed by atoms with Crippen LogP contribution in [-0.2, 0) is 16.2 Å². The summed E-state index contributed by atoms with van der Waals surface area (Å²) >= 11 is 0. The molecule has 21 heavy (non-hydrogen) atoms. The van der Waals surface area contributed by atoms with E-state index in [1.54, 1.807) is 6.92 Å². The number of hydrogen-bond donors (Lipinski definition) is 3. The molecule has 1 aromatic rings. The lowest BCUT2D eigenvalue weighted by Gasteiger charge is -2.17. The van der Waals surface area contributed by atoms with Crippen LogP contribution in [0.4, 0.5) is 13.2 Å². The van der Waals surface area contributed by atoms with Crippen molar-refractivity contribution < 1.29 is 21.6 Å². The molecule has 1 unspecified atom stereocenters. The van der Waals surface area contributed by atoms with Gasteiger partial charge in [-0.2, -0.15) is 13.2 Å². The van der Waals surface area contributed by atoms with E-state index in [1.807, 2.05) is 0 Å².